The van der Waals surface area contributed by atoms with E-state index in [2.05, 4.69) is 35.0 Å². The number of alkyl halides is 3. The van der Waals surface area contributed by atoms with Gasteiger partial charge in [-0.25, -0.2) is 8.42 Å². The van der Waals surface area contributed by atoms with E-state index >= 15 is 0 Å². The van der Waals surface area contributed by atoms with Gasteiger partial charge < -0.3 is 4.55 Å². The number of hydrogen-bond donors (Lipinski definition) is 0. The first-order chi connectivity index (χ1) is 8.70. The van der Waals surface area contributed by atoms with Crippen LogP contribution in [-0.4, -0.2) is 18.5 Å². The first-order valence-electron chi connectivity index (χ1n) is 4.44. The quantitative estimate of drug-likeness (QED) is 0.374. The van der Waals surface area contributed by atoms with Crippen LogP contribution in [0.4, 0.5) is 13.2 Å². The Hall–Kier alpha value is -0.170. The van der Waals surface area contributed by atoms with Crippen LogP contribution in [0.3, 0.4) is 0 Å². The van der Waals surface area contributed by atoms with Crippen LogP contribution in [0.25, 0.3) is 0 Å². The second kappa shape index (κ2) is 7.02. The minimum Gasteiger partial charge on any atom is -0.741 e. The highest BCUT2D eigenvalue weighted by Crippen LogP contribution is 2.20. The molecule has 2 aromatic heterocycles. The van der Waals surface area contributed by atoms with Crippen LogP contribution < -0.4 is 21.2 Å². The summed E-state index contributed by atoms with van der Waals surface area (Å²) in [5.74, 6) is 0. The Morgan fingerprint density at radius 2 is 1.42 bits per heavy atom. The Balaban J connectivity index is 0.000000203. The zero-order valence-corrected chi connectivity index (χ0v) is 13.5. The Labute approximate surface area is 126 Å². The van der Waals surface area contributed by atoms with Crippen LogP contribution in [0.5, 0.6) is 0 Å². The average molecular weight is 442 g/mol. The summed E-state index contributed by atoms with van der Waals surface area (Å²) in [6.07, 6.45) is 0. The summed E-state index contributed by atoms with van der Waals surface area (Å²) >= 11 is 3.89. The Morgan fingerprint density at radius 1 is 1.05 bits per heavy atom. The third-order valence-electron chi connectivity index (χ3n) is 1.44. The zero-order chi connectivity index (χ0) is 14.5. The smallest absolute Gasteiger partial charge is 0.485 e. The van der Waals surface area contributed by atoms with Gasteiger partial charge in [0.15, 0.2) is 10.1 Å². The number of halogens is 4. The van der Waals surface area contributed by atoms with E-state index in [0.717, 1.165) is 0 Å². The maximum absolute atomic E-state index is 10.7. The number of thiophene rings is 2. The van der Waals surface area contributed by atoms with E-state index in [1.165, 1.54) is 0 Å². The molecule has 0 unspecified atom stereocenters. The van der Waals surface area contributed by atoms with Crippen LogP contribution in [0.2, 0.25) is 0 Å². The summed E-state index contributed by atoms with van der Waals surface area (Å²) in [5, 5.41) is 4.31. The van der Waals surface area contributed by atoms with Gasteiger partial charge in [-0.2, -0.15) is 13.2 Å². The molecule has 0 saturated carbocycles. The van der Waals surface area contributed by atoms with Crippen molar-refractivity contribution in [3.8, 4) is 0 Å². The molecule has 2 heterocycles. The van der Waals surface area contributed by atoms with Crippen LogP contribution in [0.15, 0.2) is 35.0 Å². The molecule has 106 valence electrons. The Kier molecular flexibility index (Phi) is 6.23. The lowest BCUT2D eigenvalue weighted by molar-refractivity contribution is -0.585. The van der Waals surface area contributed by atoms with Gasteiger partial charge in [0.1, 0.15) is 0 Å². The topological polar surface area (TPSA) is 57.2 Å². The monoisotopic (exact) mass is 442 g/mol. The molecular formula is C9H6F3IO3S3. The fraction of sp³-hybridized carbons (Fsp3) is 0.111. The normalized spacial score (nSPS) is 11.8. The standard InChI is InChI=1S/C8H6IS2.CHF3O3S/c1-3-7(10-5-1)9-8-4-2-6-11-8;2-1(3,4)8(5,6)7/h1-6H;(H,5,6,7)/q+1;/p-1. The third kappa shape index (κ3) is 6.21. The molecule has 0 amide bonds. The van der Waals surface area contributed by atoms with E-state index in [4.69, 9.17) is 13.0 Å². The van der Waals surface area contributed by atoms with Crippen molar-refractivity contribution in [3.05, 3.63) is 40.8 Å². The van der Waals surface area contributed by atoms with Crippen LogP contribution in [0.1, 0.15) is 0 Å². The van der Waals surface area contributed by atoms with Gasteiger partial charge in [-0.05, 0) is 22.9 Å². The molecule has 0 N–H and O–H groups in total. The average Bonchev–Trinajstić information content (AvgIpc) is 2.89. The second-order valence-corrected chi connectivity index (χ2v) is 10.4. The fourth-order valence-corrected chi connectivity index (χ4v) is 6.08. The molecule has 0 spiro atoms. The van der Waals surface area contributed by atoms with Gasteiger partial charge >= 0.3 is 26.7 Å². The molecule has 19 heavy (non-hydrogen) atoms. The van der Waals surface area contributed by atoms with Gasteiger partial charge in [0.25, 0.3) is 0 Å². The summed E-state index contributed by atoms with van der Waals surface area (Å²) in [6, 6.07) is 8.73. The van der Waals surface area contributed by atoms with E-state index in [-0.39, 0.29) is 21.2 Å². The van der Waals surface area contributed by atoms with Crippen molar-refractivity contribution in [2.24, 2.45) is 0 Å². The summed E-state index contributed by atoms with van der Waals surface area (Å²) in [5.41, 5.74) is -5.65. The molecule has 0 atom stereocenters. The maximum atomic E-state index is 10.7. The summed E-state index contributed by atoms with van der Waals surface area (Å²) in [4.78, 5) is 0. The van der Waals surface area contributed by atoms with E-state index in [0.29, 0.717) is 0 Å². The molecule has 0 bridgehead atoms. The van der Waals surface area contributed by atoms with Gasteiger partial charge in [-0.1, -0.05) is 22.7 Å². The highest BCUT2D eigenvalue weighted by Gasteiger charge is 2.36. The fourth-order valence-electron chi connectivity index (χ4n) is 0.716. The molecule has 0 saturated heterocycles. The predicted molar refractivity (Wildman–Crippen MR) is 61.8 cm³/mol. The van der Waals surface area contributed by atoms with Crippen molar-refractivity contribution in [3.63, 3.8) is 0 Å². The van der Waals surface area contributed by atoms with Crippen LogP contribution in [-0.2, 0) is 10.1 Å². The van der Waals surface area contributed by atoms with Crippen molar-refractivity contribution in [2.45, 2.75) is 5.51 Å². The molecule has 0 aliphatic carbocycles. The first kappa shape index (κ1) is 16.9. The maximum Gasteiger partial charge on any atom is 0.485 e. The molecule has 0 aromatic carbocycles. The van der Waals surface area contributed by atoms with Crippen molar-refractivity contribution in [1.82, 2.24) is 0 Å². The SMILES string of the molecule is O=S(=O)([O-])C(F)(F)F.c1csc([I+]c2cccs2)c1. The van der Waals surface area contributed by atoms with Gasteiger partial charge in [-0.3, -0.25) is 0 Å². The van der Waals surface area contributed by atoms with Crippen LogP contribution >= 0.6 is 22.7 Å². The first-order valence-corrected chi connectivity index (χ1v) is 9.76. The lowest BCUT2D eigenvalue weighted by Crippen LogP contribution is -3.61. The van der Waals surface area contributed by atoms with Crippen molar-refractivity contribution >= 4 is 32.8 Å². The molecule has 2 rings (SSSR count). The molecular weight excluding hydrogens is 436 g/mol. The minimum absolute atomic E-state index is 0.141. The van der Waals surface area contributed by atoms with E-state index < -0.39 is 15.6 Å². The second-order valence-electron chi connectivity index (χ2n) is 2.83. The molecule has 3 nitrogen and oxygen atoms in total. The van der Waals surface area contributed by atoms with E-state index in [9.17, 15) is 13.2 Å². The largest absolute Gasteiger partial charge is 0.741 e. The molecule has 0 fully saturated rings. The summed E-state index contributed by atoms with van der Waals surface area (Å²) in [7, 11) is -6.09. The third-order valence-corrected chi connectivity index (χ3v) is 7.66. The Morgan fingerprint density at radius 3 is 1.63 bits per heavy atom. The van der Waals surface area contributed by atoms with Crippen LogP contribution in [0, 0.1) is 5.77 Å². The highest BCUT2D eigenvalue weighted by molar-refractivity contribution is 7.86. The van der Waals surface area contributed by atoms with E-state index in [1.54, 1.807) is 5.77 Å². The molecule has 2 aromatic rings. The Bertz CT molecular complexity index is 544. The van der Waals surface area contributed by atoms with Crippen molar-refractivity contribution < 1.29 is 47.3 Å². The minimum atomic E-state index is -6.09. The number of rotatable bonds is 2. The van der Waals surface area contributed by atoms with Gasteiger partial charge in [0, 0.05) is 12.1 Å². The molecule has 10 heteroatoms. The molecule has 0 radical (unpaired) electrons. The van der Waals surface area contributed by atoms with Crippen molar-refractivity contribution in [2.75, 3.05) is 0 Å². The van der Waals surface area contributed by atoms with Crippen molar-refractivity contribution in [1.29, 1.82) is 0 Å². The predicted octanol–water partition coefficient (Wildman–Crippen LogP) is -0.0106. The van der Waals surface area contributed by atoms with Gasteiger partial charge in [0.2, 0.25) is 5.77 Å². The van der Waals surface area contributed by atoms with E-state index in [1.807, 2.05) is 22.7 Å². The molecule has 0 aliphatic heterocycles. The van der Waals surface area contributed by atoms with Gasteiger partial charge in [-0.15, -0.1) is 0 Å². The summed E-state index contributed by atoms with van der Waals surface area (Å²) in [6.45, 7) is 0. The molecule has 0 aliphatic rings. The number of hydrogen-bond acceptors (Lipinski definition) is 5. The lowest BCUT2D eigenvalue weighted by Gasteiger charge is -2.08. The zero-order valence-electron chi connectivity index (χ0n) is 8.93. The highest BCUT2D eigenvalue weighted by atomic mass is 127. The van der Waals surface area contributed by atoms with Gasteiger partial charge in [0.05, 0.1) is 0 Å². The lowest BCUT2D eigenvalue weighted by atomic mass is 10.7. The summed E-state index contributed by atoms with van der Waals surface area (Å²) < 4.78 is 62.0.